The number of piperazine rings is 1. The van der Waals surface area contributed by atoms with Gasteiger partial charge in [0.05, 0.1) is 38.6 Å². The summed E-state index contributed by atoms with van der Waals surface area (Å²) < 4.78 is 30.0. The lowest BCUT2D eigenvalue weighted by atomic mass is 10.0. The maximum atomic E-state index is 14.0. The Morgan fingerprint density at radius 1 is 0.979 bits per heavy atom. The van der Waals surface area contributed by atoms with E-state index in [1.54, 1.807) is 24.8 Å². The number of ether oxygens (including phenoxy) is 1. The fourth-order valence-electron chi connectivity index (χ4n) is 5.81. The molecule has 2 N–H and O–H groups in total. The van der Waals surface area contributed by atoms with Gasteiger partial charge in [-0.05, 0) is 39.5 Å². The molecule has 0 radical (unpaired) electrons. The van der Waals surface area contributed by atoms with E-state index >= 15 is 0 Å². The molecule has 2 aliphatic heterocycles. The van der Waals surface area contributed by atoms with E-state index in [-0.39, 0.29) is 63.9 Å². The minimum absolute atomic E-state index is 0.0150. The van der Waals surface area contributed by atoms with Gasteiger partial charge in [-0.3, -0.25) is 14.2 Å². The van der Waals surface area contributed by atoms with E-state index in [1.807, 2.05) is 42.2 Å². The summed E-state index contributed by atoms with van der Waals surface area (Å²) in [5.41, 5.74) is 0.711. The fraction of sp³-hybridized carbons (Fsp3) is 0.606. The van der Waals surface area contributed by atoms with Gasteiger partial charge in [0, 0.05) is 44.4 Å². The highest BCUT2D eigenvalue weighted by Crippen LogP contribution is 2.48. The maximum absolute atomic E-state index is 14.0. The van der Waals surface area contributed by atoms with E-state index in [9.17, 15) is 24.1 Å². The third kappa shape index (κ3) is 9.97. The molecule has 2 saturated heterocycles. The van der Waals surface area contributed by atoms with Gasteiger partial charge in [-0.1, -0.05) is 43.7 Å². The Hall–Kier alpha value is -3.58. The molecule has 4 rings (SSSR count). The van der Waals surface area contributed by atoms with Crippen molar-refractivity contribution in [2.24, 2.45) is 0 Å². The molecule has 0 bridgehead atoms. The number of aromatic nitrogens is 2. The number of piperidine rings is 1. The summed E-state index contributed by atoms with van der Waals surface area (Å²) in [7, 11) is -3.79. The topological polar surface area (TPSA) is 164 Å². The number of nitrogens with zero attached hydrogens (tertiary/aromatic N) is 5. The average Bonchev–Trinajstić information content (AvgIpc) is 3.11. The van der Waals surface area contributed by atoms with Crippen LogP contribution in [0.25, 0.3) is 11.4 Å². The summed E-state index contributed by atoms with van der Waals surface area (Å²) in [6.07, 6.45) is 3.53. The van der Waals surface area contributed by atoms with Gasteiger partial charge in [0.2, 0.25) is 5.91 Å². The lowest BCUT2D eigenvalue weighted by molar-refractivity contribution is -0.134. The first-order valence-corrected chi connectivity index (χ1v) is 18.7. The van der Waals surface area contributed by atoms with Gasteiger partial charge in [0.25, 0.3) is 5.91 Å². The molecule has 264 valence electrons. The van der Waals surface area contributed by atoms with E-state index < -0.39 is 31.5 Å². The van der Waals surface area contributed by atoms with Crippen molar-refractivity contribution in [3.63, 3.8) is 0 Å². The van der Waals surface area contributed by atoms with Gasteiger partial charge >= 0.3 is 13.7 Å². The van der Waals surface area contributed by atoms with Gasteiger partial charge in [0.15, 0.2) is 5.82 Å². The molecule has 0 spiro atoms. The molecule has 2 unspecified atom stereocenters. The van der Waals surface area contributed by atoms with Crippen LogP contribution in [0.2, 0.25) is 0 Å². The van der Waals surface area contributed by atoms with Crippen LogP contribution in [-0.4, -0.2) is 120 Å². The molecule has 1 aromatic heterocycles. The summed E-state index contributed by atoms with van der Waals surface area (Å²) >= 11 is 0. The standard InChI is InChI=1S/C33H49N6O8P/c1-4-7-21-45-33(43)38-19-17-37(18-20-38)32(42)28(24-48(44,46-5-2)47-6-3)35-31(41)27-22-29(39-16-12-11-15-26(39)23-40)36-30(34-27)25-13-9-8-10-14-25/h8-10,13-14,22,26,28,40H,4-7,11-12,15-21,23-24H2,1-3H3,(H,35,41). The largest absolute Gasteiger partial charge is 0.449 e. The highest BCUT2D eigenvalue weighted by Gasteiger charge is 2.38. The Labute approximate surface area is 282 Å². The Morgan fingerprint density at radius 3 is 2.31 bits per heavy atom. The number of anilines is 1. The van der Waals surface area contributed by atoms with Crippen molar-refractivity contribution in [3.05, 3.63) is 42.1 Å². The summed E-state index contributed by atoms with van der Waals surface area (Å²) in [5.74, 6) is -0.327. The van der Waals surface area contributed by atoms with Crippen LogP contribution < -0.4 is 10.2 Å². The van der Waals surface area contributed by atoms with Crippen molar-refractivity contribution in [3.8, 4) is 11.4 Å². The predicted octanol–water partition coefficient (Wildman–Crippen LogP) is 3.94. The molecule has 2 atom stereocenters. The number of benzene rings is 1. The van der Waals surface area contributed by atoms with Crippen molar-refractivity contribution in [2.45, 2.75) is 65.0 Å². The van der Waals surface area contributed by atoms with E-state index in [0.29, 0.717) is 30.4 Å². The molecule has 1 aromatic carbocycles. The maximum Gasteiger partial charge on any atom is 0.409 e. The van der Waals surface area contributed by atoms with E-state index in [1.165, 1.54) is 4.90 Å². The van der Waals surface area contributed by atoms with E-state index in [0.717, 1.165) is 32.1 Å². The number of nitrogens with one attached hydrogen (secondary N) is 1. The number of rotatable bonds is 15. The van der Waals surface area contributed by atoms with Crippen LogP contribution in [0.1, 0.15) is 63.4 Å². The SMILES string of the molecule is CCCCOC(=O)N1CCN(C(=O)C(CP(=O)(OCC)OCC)NC(=O)c2cc(N3CCCCC3CO)nc(-c3ccccc3)n2)CC1. The Bertz CT molecular complexity index is 1400. The van der Waals surface area contributed by atoms with Crippen molar-refractivity contribution >= 4 is 31.3 Å². The highest BCUT2D eigenvalue weighted by molar-refractivity contribution is 7.54. The number of unbranched alkanes of at least 4 members (excludes halogenated alkanes) is 1. The zero-order valence-corrected chi connectivity index (χ0v) is 29.1. The minimum atomic E-state index is -3.79. The number of carbonyl (C=O) groups is 3. The summed E-state index contributed by atoms with van der Waals surface area (Å²) in [4.78, 5) is 54.9. The van der Waals surface area contributed by atoms with Crippen LogP contribution in [0.15, 0.2) is 36.4 Å². The summed E-state index contributed by atoms with van der Waals surface area (Å²) in [5, 5.41) is 12.9. The second-order valence-corrected chi connectivity index (χ2v) is 13.9. The quantitative estimate of drug-likeness (QED) is 0.206. The molecule has 48 heavy (non-hydrogen) atoms. The molecule has 15 heteroatoms. The molecule has 2 aliphatic rings. The third-order valence-corrected chi connectivity index (χ3v) is 10.5. The first kappa shape index (κ1) is 37.2. The number of amides is 3. The Kier molecular flexibility index (Phi) is 14.2. The van der Waals surface area contributed by atoms with Gasteiger partial charge in [-0.15, -0.1) is 0 Å². The highest BCUT2D eigenvalue weighted by atomic mass is 31.2. The number of aliphatic hydroxyl groups excluding tert-OH is 1. The molecule has 14 nitrogen and oxygen atoms in total. The lowest BCUT2D eigenvalue weighted by Gasteiger charge is -2.36. The van der Waals surface area contributed by atoms with Crippen molar-refractivity contribution in [1.29, 1.82) is 0 Å². The normalized spacial score (nSPS) is 17.6. The number of carbonyl (C=O) groups excluding carboxylic acids is 3. The molecular weight excluding hydrogens is 639 g/mol. The van der Waals surface area contributed by atoms with Crippen LogP contribution in [0, 0.1) is 0 Å². The molecule has 2 fully saturated rings. The van der Waals surface area contributed by atoms with Crippen LogP contribution in [0.5, 0.6) is 0 Å². The first-order chi connectivity index (χ1) is 23.2. The lowest BCUT2D eigenvalue weighted by Crippen LogP contribution is -2.57. The number of hydrogen-bond acceptors (Lipinski definition) is 11. The summed E-state index contributed by atoms with van der Waals surface area (Å²) in [6.45, 7) is 7.38. The number of hydrogen-bond donors (Lipinski definition) is 2. The second kappa shape index (κ2) is 18.3. The van der Waals surface area contributed by atoms with Gasteiger partial charge in [-0.25, -0.2) is 14.8 Å². The molecule has 0 aliphatic carbocycles. The Balaban J connectivity index is 1.61. The van der Waals surface area contributed by atoms with Crippen molar-refractivity contribution in [2.75, 3.05) is 70.2 Å². The molecule has 0 saturated carbocycles. The molecule has 3 heterocycles. The average molecular weight is 689 g/mol. The summed E-state index contributed by atoms with van der Waals surface area (Å²) in [6, 6.07) is 9.37. The third-order valence-electron chi connectivity index (χ3n) is 8.34. The zero-order valence-electron chi connectivity index (χ0n) is 28.2. The van der Waals surface area contributed by atoms with E-state index in [2.05, 4.69) is 10.3 Å². The molecule has 3 amide bonds. The Morgan fingerprint density at radius 2 is 1.67 bits per heavy atom. The first-order valence-electron chi connectivity index (χ1n) is 16.9. The predicted molar refractivity (Wildman–Crippen MR) is 181 cm³/mol. The number of aliphatic hydroxyl groups is 1. The minimum Gasteiger partial charge on any atom is -0.449 e. The second-order valence-electron chi connectivity index (χ2n) is 11.8. The van der Waals surface area contributed by atoms with Gasteiger partial charge in [0.1, 0.15) is 17.6 Å². The van der Waals surface area contributed by atoms with Crippen LogP contribution in [0.4, 0.5) is 10.6 Å². The van der Waals surface area contributed by atoms with Crippen LogP contribution >= 0.6 is 7.60 Å². The molecule has 2 aromatic rings. The monoisotopic (exact) mass is 688 g/mol. The van der Waals surface area contributed by atoms with Crippen LogP contribution in [0.3, 0.4) is 0 Å². The van der Waals surface area contributed by atoms with Crippen molar-refractivity contribution < 1.29 is 37.8 Å². The zero-order chi connectivity index (χ0) is 34.5. The van der Waals surface area contributed by atoms with E-state index in [4.69, 9.17) is 18.8 Å². The molecular formula is C33H49N6O8P. The van der Waals surface area contributed by atoms with Gasteiger partial charge in [-0.2, -0.15) is 0 Å². The van der Waals surface area contributed by atoms with Crippen molar-refractivity contribution in [1.82, 2.24) is 25.1 Å². The fourth-order valence-corrected chi connectivity index (χ4v) is 7.58. The van der Waals surface area contributed by atoms with Crippen LogP contribution in [-0.2, 0) is 23.1 Å². The van der Waals surface area contributed by atoms with Gasteiger partial charge < -0.3 is 38.9 Å². The smallest absolute Gasteiger partial charge is 0.409 e.